The van der Waals surface area contributed by atoms with E-state index in [9.17, 15) is 4.79 Å². The molecule has 2 atom stereocenters. The second kappa shape index (κ2) is 7.11. The van der Waals surface area contributed by atoms with Gasteiger partial charge < -0.3 is 20.1 Å². The smallest absolute Gasteiger partial charge is 0.268 e. The maximum atomic E-state index is 12.7. The van der Waals surface area contributed by atoms with Crippen LogP contribution in [0.5, 0.6) is 5.75 Å². The topological polar surface area (TPSA) is 64.8 Å². The molecule has 0 saturated carbocycles. The molecule has 0 aliphatic carbocycles. The van der Waals surface area contributed by atoms with E-state index in [1.165, 1.54) is 0 Å². The van der Waals surface area contributed by atoms with E-state index in [0.717, 1.165) is 23.4 Å². The Bertz CT molecular complexity index is 531. The first kappa shape index (κ1) is 16.8. The second-order valence-corrected chi connectivity index (χ2v) is 6.06. The van der Waals surface area contributed by atoms with Crippen molar-refractivity contribution in [3.63, 3.8) is 0 Å². The van der Waals surface area contributed by atoms with Crippen molar-refractivity contribution in [3.8, 4) is 5.75 Å². The standard InChI is InChI=1S/C17H26N2O3/c1-5-8-19-14-9-12(13(18)10-21-4)6-7-15(14)22-16(11(2)3)17(19)20/h6-7,9,11,13,16H,5,8,10,18H2,1-4H3. The molecule has 1 aliphatic heterocycles. The second-order valence-electron chi connectivity index (χ2n) is 6.06. The Morgan fingerprint density at radius 2 is 2.14 bits per heavy atom. The summed E-state index contributed by atoms with van der Waals surface area (Å²) >= 11 is 0. The van der Waals surface area contributed by atoms with Crippen molar-refractivity contribution in [3.05, 3.63) is 23.8 Å². The maximum absolute atomic E-state index is 12.7. The van der Waals surface area contributed by atoms with E-state index in [1.807, 2.05) is 36.9 Å². The summed E-state index contributed by atoms with van der Waals surface area (Å²) in [4.78, 5) is 14.5. The number of rotatable bonds is 6. The summed E-state index contributed by atoms with van der Waals surface area (Å²) in [5, 5.41) is 0. The highest BCUT2D eigenvalue weighted by Crippen LogP contribution is 2.37. The summed E-state index contributed by atoms with van der Waals surface area (Å²) < 4.78 is 11.0. The fraction of sp³-hybridized carbons (Fsp3) is 0.588. The molecule has 2 N–H and O–H groups in total. The summed E-state index contributed by atoms with van der Waals surface area (Å²) in [7, 11) is 1.63. The van der Waals surface area contributed by atoms with Gasteiger partial charge in [-0.05, 0) is 30.0 Å². The van der Waals surface area contributed by atoms with Crippen LogP contribution >= 0.6 is 0 Å². The lowest BCUT2D eigenvalue weighted by molar-refractivity contribution is -0.128. The molecular formula is C17H26N2O3. The van der Waals surface area contributed by atoms with Gasteiger partial charge in [0.2, 0.25) is 0 Å². The molecule has 1 aromatic rings. The Balaban J connectivity index is 2.39. The first-order valence-electron chi connectivity index (χ1n) is 7.86. The normalized spacial score (nSPS) is 19.1. The highest BCUT2D eigenvalue weighted by atomic mass is 16.5. The predicted octanol–water partition coefficient (Wildman–Crippen LogP) is 2.49. The number of nitrogens with two attached hydrogens (primary N) is 1. The van der Waals surface area contributed by atoms with Crippen LogP contribution in [0.1, 0.15) is 38.8 Å². The molecule has 122 valence electrons. The third-order valence-corrected chi connectivity index (χ3v) is 3.86. The maximum Gasteiger partial charge on any atom is 0.268 e. The van der Waals surface area contributed by atoms with Gasteiger partial charge in [-0.3, -0.25) is 4.79 Å². The number of anilines is 1. The van der Waals surface area contributed by atoms with Crippen LogP contribution < -0.4 is 15.4 Å². The minimum absolute atomic E-state index is 0.0295. The van der Waals surface area contributed by atoms with Gasteiger partial charge >= 0.3 is 0 Å². The zero-order valence-electron chi connectivity index (χ0n) is 13.8. The van der Waals surface area contributed by atoms with Crippen LogP contribution in [0.3, 0.4) is 0 Å². The molecule has 2 rings (SSSR count). The third kappa shape index (κ3) is 3.25. The molecule has 0 aromatic heterocycles. The lowest BCUT2D eigenvalue weighted by Crippen LogP contribution is -2.48. The highest BCUT2D eigenvalue weighted by molar-refractivity contribution is 6.00. The van der Waals surface area contributed by atoms with Gasteiger partial charge in [0.15, 0.2) is 6.10 Å². The fourth-order valence-electron chi connectivity index (χ4n) is 2.69. The van der Waals surface area contributed by atoms with E-state index in [1.54, 1.807) is 7.11 Å². The molecule has 0 fully saturated rings. The van der Waals surface area contributed by atoms with Gasteiger partial charge in [0.05, 0.1) is 18.3 Å². The van der Waals surface area contributed by atoms with E-state index in [4.69, 9.17) is 15.2 Å². The summed E-state index contributed by atoms with van der Waals surface area (Å²) in [5.74, 6) is 0.914. The molecule has 5 heteroatoms. The van der Waals surface area contributed by atoms with Gasteiger partial charge in [-0.2, -0.15) is 0 Å². The molecular weight excluding hydrogens is 280 g/mol. The van der Waals surface area contributed by atoms with E-state index in [2.05, 4.69) is 6.92 Å². The van der Waals surface area contributed by atoms with Crippen LogP contribution in [0, 0.1) is 5.92 Å². The van der Waals surface area contributed by atoms with Gasteiger partial charge in [-0.15, -0.1) is 0 Å². The zero-order valence-corrected chi connectivity index (χ0v) is 13.8. The van der Waals surface area contributed by atoms with Gasteiger partial charge in [0, 0.05) is 13.7 Å². The minimum Gasteiger partial charge on any atom is -0.478 e. The van der Waals surface area contributed by atoms with Crippen molar-refractivity contribution in [2.75, 3.05) is 25.2 Å². The van der Waals surface area contributed by atoms with Gasteiger partial charge in [0.1, 0.15) is 5.75 Å². The van der Waals surface area contributed by atoms with Gasteiger partial charge in [-0.25, -0.2) is 0 Å². The summed E-state index contributed by atoms with van der Waals surface area (Å²) in [6.45, 7) is 7.19. The van der Waals surface area contributed by atoms with Crippen molar-refractivity contribution in [1.82, 2.24) is 0 Å². The molecule has 2 unspecified atom stereocenters. The Morgan fingerprint density at radius 1 is 1.41 bits per heavy atom. The molecule has 0 radical (unpaired) electrons. The first-order valence-corrected chi connectivity index (χ1v) is 7.86. The molecule has 1 heterocycles. The highest BCUT2D eigenvalue weighted by Gasteiger charge is 2.36. The quantitative estimate of drug-likeness (QED) is 0.877. The van der Waals surface area contributed by atoms with Crippen molar-refractivity contribution in [1.29, 1.82) is 0 Å². The number of hydrogen-bond donors (Lipinski definition) is 1. The minimum atomic E-state index is -0.419. The van der Waals surface area contributed by atoms with E-state index in [0.29, 0.717) is 13.2 Å². The van der Waals surface area contributed by atoms with Gasteiger partial charge in [0.25, 0.3) is 5.91 Å². The fourth-order valence-corrected chi connectivity index (χ4v) is 2.69. The van der Waals surface area contributed by atoms with Crippen LogP contribution in [0.15, 0.2) is 18.2 Å². The van der Waals surface area contributed by atoms with Crippen LogP contribution in [0.4, 0.5) is 5.69 Å². The van der Waals surface area contributed by atoms with Crippen molar-refractivity contribution in [2.45, 2.75) is 39.3 Å². The molecule has 1 aromatic carbocycles. The molecule has 1 aliphatic rings. The molecule has 0 spiro atoms. The summed E-state index contributed by atoms with van der Waals surface area (Å²) in [6.07, 6.45) is 0.474. The first-order chi connectivity index (χ1) is 10.5. The lowest BCUT2D eigenvalue weighted by Gasteiger charge is -2.36. The molecule has 1 amide bonds. The number of hydrogen-bond acceptors (Lipinski definition) is 4. The van der Waals surface area contributed by atoms with E-state index >= 15 is 0 Å². The Labute approximate surface area is 132 Å². The lowest BCUT2D eigenvalue weighted by atomic mass is 10.0. The van der Waals surface area contributed by atoms with Crippen LogP contribution in [-0.2, 0) is 9.53 Å². The number of amides is 1. The largest absolute Gasteiger partial charge is 0.478 e. The Kier molecular flexibility index (Phi) is 5.42. The number of carbonyl (C=O) groups is 1. The number of ether oxygens (including phenoxy) is 2. The number of nitrogens with zero attached hydrogens (tertiary/aromatic N) is 1. The molecule has 0 saturated heterocycles. The molecule has 0 bridgehead atoms. The Morgan fingerprint density at radius 3 is 2.73 bits per heavy atom. The molecule has 22 heavy (non-hydrogen) atoms. The van der Waals surface area contributed by atoms with Crippen LogP contribution in [0.2, 0.25) is 0 Å². The number of methoxy groups -OCH3 is 1. The van der Waals surface area contributed by atoms with Crippen molar-refractivity contribution >= 4 is 11.6 Å². The SMILES string of the molecule is CCCN1C(=O)C(C(C)C)Oc2ccc(C(N)COC)cc21. The van der Waals surface area contributed by atoms with E-state index < -0.39 is 6.10 Å². The average Bonchev–Trinajstić information content (AvgIpc) is 2.49. The third-order valence-electron chi connectivity index (χ3n) is 3.86. The summed E-state index contributed by atoms with van der Waals surface area (Å²) in [6, 6.07) is 5.59. The number of carbonyl (C=O) groups excluding carboxylic acids is 1. The predicted molar refractivity (Wildman–Crippen MR) is 87.1 cm³/mol. The van der Waals surface area contributed by atoms with Crippen LogP contribution in [0.25, 0.3) is 0 Å². The van der Waals surface area contributed by atoms with E-state index in [-0.39, 0.29) is 17.9 Å². The average molecular weight is 306 g/mol. The number of benzene rings is 1. The summed E-state index contributed by atoms with van der Waals surface area (Å²) in [5.41, 5.74) is 7.86. The van der Waals surface area contributed by atoms with Crippen molar-refractivity contribution in [2.24, 2.45) is 11.7 Å². The van der Waals surface area contributed by atoms with Crippen LogP contribution in [-0.4, -0.2) is 32.3 Å². The Hall–Kier alpha value is -1.59. The van der Waals surface area contributed by atoms with Gasteiger partial charge in [-0.1, -0.05) is 26.8 Å². The van der Waals surface area contributed by atoms with Crippen molar-refractivity contribution < 1.29 is 14.3 Å². The monoisotopic (exact) mass is 306 g/mol. The zero-order chi connectivity index (χ0) is 16.3. The number of fused-ring (bicyclic) bond motifs is 1. The molecule has 5 nitrogen and oxygen atoms in total.